The van der Waals surface area contributed by atoms with E-state index in [-0.39, 0.29) is 18.6 Å². The minimum absolute atomic E-state index is 0.00391. The van der Waals surface area contributed by atoms with Crippen LogP contribution >= 0.6 is 0 Å². The number of anilines is 1. The number of carbonyl (C=O) groups is 1. The average molecular weight is 306 g/mol. The van der Waals surface area contributed by atoms with E-state index in [2.05, 4.69) is 20.6 Å². The third kappa shape index (κ3) is 3.89. The quantitative estimate of drug-likeness (QED) is 0.824. The number of rotatable bonds is 5. The first-order chi connectivity index (χ1) is 10.7. The highest BCUT2D eigenvalue weighted by Crippen LogP contribution is 2.10. The van der Waals surface area contributed by atoms with E-state index >= 15 is 0 Å². The van der Waals surface area contributed by atoms with E-state index < -0.39 is 0 Å². The van der Waals surface area contributed by atoms with Crippen LogP contribution in [-0.2, 0) is 16.1 Å². The summed E-state index contributed by atoms with van der Waals surface area (Å²) in [4.78, 5) is 18.0. The van der Waals surface area contributed by atoms with Crippen molar-refractivity contribution in [3.05, 3.63) is 24.4 Å². The molecule has 0 saturated carbocycles. The van der Waals surface area contributed by atoms with Crippen LogP contribution in [0.4, 0.5) is 5.88 Å². The van der Waals surface area contributed by atoms with Crippen molar-refractivity contribution < 1.29 is 14.1 Å². The molecule has 1 amide bonds. The Bertz CT molecular complexity index is 611. The second kappa shape index (κ2) is 6.67. The lowest BCUT2D eigenvalue weighted by Crippen LogP contribution is -2.47. The van der Waals surface area contributed by atoms with Gasteiger partial charge >= 0.3 is 0 Å². The summed E-state index contributed by atoms with van der Waals surface area (Å²) >= 11 is 0. The number of amides is 1. The molecule has 9 heteroatoms. The fraction of sp³-hybridized carbons (Fsp3) is 0.538. The summed E-state index contributed by atoms with van der Waals surface area (Å²) in [5, 5.41) is 10.5. The molecule has 3 rings (SSSR count). The van der Waals surface area contributed by atoms with Crippen molar-refractivity contribution in [2.45, 2.75) is 19.6 Å². The standard InChI is InChI=1S/C13H18N6O3/c1-10-4-13(22-17-10)16-12(20)7-18-2-3-21-11(5-18)6-19-9-14-8-15-19/h4,8-9,11H,2-3,5-7H2,1H3,(H,16,20)/t11-/m0/s1. The van der Waals surface area contributed by atoms with Crippen LogP contribution in [0.15, 0.2) is 23.2 Å². The predicted octanol–water partition coefficient (Wildman–Crippen LogP) is -0.0860. The van der Waals surface area contributed by atoms with Crippen LogP contribution in [0.2, 0.25) is 0 Å². The number of aryl methyl sites for hydroxylation is 1. The molecule has 118 valence electrons. The molecule has 0 bridgehead atoms. The molecule has 1 aliphatic heterocycles. The average Bonchev–Trinajstić information content (AvgIpc) is 3.11. The molecule has 1 fully saturated rings. The molecule has 0 aliphatic carbocycles. The molecule has 3 heterocycles. The molecular weight excluding hydrogens is 288 g/mol. The summed E-state index contributed by atoms with van der Waals surface area (Å²) in [6.07, 6.45) is 3.14. The highest BCUT2D eigenvalue weighted by Gasteiger charge is 2.23. The lowest BCUT2D eigenvalue weighted by molar-refractivity contribution is -0.119. The number of ether oxygens (including phenoxy) is 1. The minimum Gasteiger partial charge on any atom is -0.374 e. The maximum atomic E-state index is 12.0. The molecule has 1 N–H and O–H groups in total. The first kappa shape index (κ1) is 14.7. The predicted molar refractivity (Wildman–Crippen MR) is 76.1 cm³/mol. The Morgan fingerprint density at radius 1 is 1.55 bits per heavy atom. The smallest absolute Gasteiger partial charge is 0.240 e. The van der Waals surface area contributed by atoms with Crippen LogP contribution < -0.4 is 5.32 Å². The van der Waals surface area contributed by atoms with E-state index in [0.29, 0.717) is 25.6 Å². The summed E-state index contributed by atoms with van der Waals surface area (Å²) in [6, 6.07) is 1.69. The van der Waals surface area contributed by atoms with Crippen molar-refractivity contribution in [1.82, 2.24) is 24.8 Å². The number of nitrogens with one attached hydrogen (secondary N) is 1. The van der Waals surface area contributed by atoms with Gasteiger partial charge in [-0.25, -0.2) is 4.98 Å². The molecule has 1 aliphatic rings. The Morgan fingerprint density at radius 2 is 2.45 bits per heavy atom. The lowest BCUT2D eigenvalue weighted by Gasteiger charge is -2.32. The lowest BCUT2D eigenvalue weighted by atomic mass is 10.2. The van der Waals surface area contributed by atoms with Gasteiger partial charge in [0.1, 0.15) is 12.7 Å². The van der Waals surface area contributed by atoms with Gasteiger partial charge in [0.2, 0.25) is 11.8 Å². The Balaban J connectivity index is 1.48. The van der Waals surface area contributed by atoms with Crippen molar-refractivity contribution in [1.29, 1.82) is 0 Å². The highest BCUT2D eigenvalue weighted by molar-refractivity contribution is 5.90. The van der Waals surface area contributed by atoms with Gasteiger partial charge in [-0.3, -0.25) is 19.7 Å². The molecule has 22 heavy (non-hydrogen) atoms. The molecule has 9 nitrogen and oxygen atoms in total. The summed E-state index contributed by atoms with van der Waals surface area (Å²) in [5.41, 5.74) is 0.731. The molecular formula is C13H18N6O3. The van der Waals surface area contributed by atoms with Gasteiger partial charge in [-0.2, -0.15) is 5.10 Å². The maximum Gasteiger partial charge on any atom is 0.240 e. The summed E-state index contributed by atoms with van der Waals surface area (Å²) in [7, 11) is 0. The fourth-order valence-corrected chi connectivity index (χ4v) is 2.37. The number of nitrogens with zero attached hydrogens (tertiary/aromatic N) is 5. The van der Waals surface area contributed by atoms with Crippen molar-refractivity contribution in [3.63, 3.8) is 0 Å². The Morgan fingerprint density at radius 3 is 3.18 bits per heavy atom. The second-order valence-corrected chi connectivity index (χ2v) is 5.23. The fourth-order valence-electron chi connectivity index (χ4n) is 2.37. The monoisotopic (exact) mass is 306 g/mol. The topological polar surface area (TPSA) is 98.3 Å². The van der Waals surface area contributed by atoms with Crippen LogP contribution in [0.25, 0.3) is 0 Å². The third-order valence-corrected chi connectivity index (χ3v) is 3.34. The first-order valence-electron chi connectivity index (χ1n) is 7.08. The van der Waals surface area contributed by atoms with Gasteiger partial charge < -0.3 is 9.26 Å². The Hall–Kier alpha value is -2.26. The van der Waals surface area contributed by atoms with Crippen molar-refractivity contribution in [2.24, 2.45) is 0 Å². The molecule has 2 aromatic rings. The van der Waals surface area contributed by atoms with Crippen LogP contribution in [0.5, 0.6) is 0 Å². The molecule has 1 saturated heterocycles. The van der Waals surface area contributed by atoms with Gasteiger partial charge in [0.05, 0.1) is 31.5 Å². The summed E-state index contributed by atoms with van der Waals surface area (Å²) in [5.74, 6) is 0.243. The van der Waals surface area contributed by atoms with E-state index in [1.807, 2.05) is 4.90 Å². The van der Waals surface area contributed by atoms with Gasteiger partial charge in [0.15, 0.2) is 0 Å². The molecule has 2 aromatic heterocycles. The van der Waals surface area contributed by atoms with E-state index in [4.69, 9.17) is 9.26 Å². The van der Waals surface area contributed by atoms with Crippen LogP contribution in [0, 0.1) is 6.92 Å². The van der Waals surface area contributed by atoms with Crippen LogP contribution in [0.3, 0.4) is 0 Å². The number of aromatic nitrogens is 4. The highest BCUT2D eigenvalue weighted by atomic mass is 16.5. The first-order valence-corrected chi connectivity index (χ1v) is 7.08. The van der Waals surface area contributed by atoms with Gasteiger partial charge in [0, 0.05) is 19.2 Å². The van der Waals surface area contributed by atoms with E-state index in [9.17, 15) is 4.79 Å². The number of hydrogen-bond donors (Lipinski definition) is 1. The van der Waals surface area contributed by atoms with Crippen molar-refractivity contribution in [2.75, 3.05) is 31.6 Å². The normalized spacial score (nSPS) is 19.2. The van der Waals surface area contributed by atoms with Gasteiger partial charge in [-0.15, -0.1) is 0 Å². The van der Waals surface area contributed by atoms with Crippen molar-refractivity contribution >= 4 is 11.8 Å². The molecule has 0 unspecified atom stereocenters. The molecule has 0 aromatic carbocycles. The summed E-state index contributed by atoms with van der Waals surface area (Å²) in [6.45, 7) is 4.69. The Labute approximate surface area is 127 Å². The van der Waals surface area contributed by atoms with Gasteiger partial charge in [0.25, 0.3) is 0 Å². The van der Waals surface area contributed by atoms with E-state index in [1.54, 1.807) is 24.0 Å². The van der Waals surface area contributed by atoms with Crippen molar-refractivity contribution in [3.8, 4) is 0 Å². The van der Waals surface area contributed by atoms with Gasteiger partial charge in [-0.1, -0.05) is 5.16 Å². The molecule has 1 atom stereocenters. The van der Waals surface area contributed by atoms with Gasteiger partial charge in [-0.05, 0) is 6.92 Å². The van der Waals surface area contributed by atoms with E-state index in [1.165, 1.54) is 6.33 Å². The number of carbonyl (C=O) groups excluding carboxylic acids is 1. The molecule has 0 radical (unpaired) electrons. The largest absolute Gasteiger partial charge is 0.374 e. The van der Waals surface area contributed by atoms with E-state index in [0.717, 1.165) is 12.2 Å². The maximum absolute atomic E-state index is 12.0. The number of hydrogen-bond acceptors (Lipinski definition) is 7. The zero-order valence-corrected chi connectivity index (χ0v) is 12.3. The minimum atomic E-state index is -0.127. The third-order valence-electron chi connectivity index (χ3n) is 3.34. The SMILES string of the molecule is Cc1cc(NC(=O)CN2CCO[C@H](Cn3cncn3)C2)on1. The Kier molecular flexibility index (Phi) is 4.45. The molecule has 0 spiro atoms. The zero-order valence-electron chi connectivity index (χ0n) is 12.3. The summed E-state index contributed by atoms with van der Waals surface area (Å²) < 4.78 is 12.4. The number of morpholine rings is 1. The zero-order chi connectivity index (χ0) is 15.4. The van der Waals surface area contributed by atoms with Crippen LogP contribution in [-0.4, -0.2) is 63.1 Å². The second-order valence-electron chi connectivity index (χ2n) is 5.23. The van der Waals surface area contributed by atoms with Crippen LogP contribution in [0.1, 0.15) is 5.69 Å².